The molecular weight excluding hydrogens is 825 g/mol. The molecule has 0 spiro atoms. The highest BCUT2D eigenvalue weighted by Gasteiger charge is 2.36. The van der Waals surface area contributed by atoms with Gasteiger partial charge in [0, 0.05) is 41.4 Å². The summed E-state index contributed by atoms with van der Waals surface area (Å²) >= 11 is 12.4. The van der Waals surface area contributed by atoms with E-state index >= 15 is 0 Å². The second-order valence-electron chi connectivity index (χ2n) is 15.6. The Hall–Kier alpha value is -5.91. The highest BCUT2D eigenvalue weighted by molar-refractivity contribution is 6.31. The molecule has 2 heterocycles. The average molecular weight is 881 g/mol. The fraction of sp³-hybridized carbons (Fsp3) is 0.327. The van der Waals surface area contributed by atoms with Gasteiger partial charge in [-0.05, 0) is 134 Å². The van der Waals surface area contributed by atoms with Gasteiger partial charge >= 0.3 is 11.9 Å². The van der Waals surface area contributed by atoms with E-state index in [2.05, 4.69) is 20.2 Å². The number of nitrogens with zero attached hydrogens (tertiary/aromatic N) is 4. The van der Waals surface area contributed by atoms with Crippen LogP contribution in [0, 0.1) is 0 Å². The number of hydrogen-bond acceptors (Lipinski definition) is 10. The van der Waals surface area contributed by atoms with Gasteiger partial charge in [0.1, 0.15) is 23.4 Å². The van der Waals surface area contributed by atoms with E-state index < -0.39 is 18.1 Å². The zero-order valence-electron chi connectivity index (χ0n) is 36.7. The Morgan fingerprint density at radius 2 is 1.31 bits per heavy atom. The van der Waals surface area contributed by atoms with Crippen LogP contribution in [0.3, 0.4) is 0 Å². The molecule has 0 aliphatic carbocycles. The quantitative estimate of drug-likeness (QED) is 0.132. The summed E-state index contributed by atoms with van der Waals surface area (Å²) < 4.78 is 16.8. The number of hydrogen-bond donors (Lipinski definition) is 1. The van der Waals surface area contributed by atoms with Gasteiger partial charge in [0.25, 0.3) is 5.91 Å². The van der Waals surface area contributed by atoms with Crippen molar-refractivity contribution in [2.45, 2.75) is 86.1 Å². The predicted molar refractivity (Wildman–Crippen MR) is 247 cm³/mol. The van der Waals surface area contributed by atoms with E-state index in [1.54, 1.807) is 42.3 Å². The van der Waals surface area contributed by atoms with E-state index in [-0.39, 0.29) is 24.1 Å². The van der Waals surface area contributed by atoms with Crippen molar-refractivity contribution in [3.05, 3.63) is 152 Å². The third-order valence-electron chi connectivity index (χ3n) is 9.86. The van der Waals surface area contributed by atoms with Crippen LogP contribution in [0.4, 0.5) is 0 Å². The molecule has 0 bridgehead atoms. The van der Waals surface area contributed by atoms with E-state index in [1.807, 2.05) is 128 Å². The van der Waals surface area contributed by atoms with Crippen molar-refractivity contribution in [2.75, 3.05) is 20.1 Å². The number of ether oxygens (including phenoxy) is 3. The highest BCUT2D eigenvalue weighted by atomic mass is 35.5. The number of nitrogens with one attached hydrogen (secondary N) is 1. The van der Waals surface area contributed by atoms with E-state index in [9.17, 15) is 14.4 Å². The summed E-state index contributed by atoms with van der Waals surface area (Å²) in [7, 11) is 1.79. The fourth-order valence-corrected chi connectivity index (χ4v) is 7.54. The normalized spacial score (nSPS) is 16.2. The van der Waals surface area contributed by atoms with Crippen LogP contribution in [-0.4, -0.2) is 71.7 Å². The van der Waals surface area contributed by atoms with Gasteiger partial charge in [0.15, 0.2) is 0 Å². The Morgan fingerprint density at radius 3 is 1.90 bits per heavy atom. The van der Waals surface area contributed by atoms with Crippen molar-refractivity contribution >= 4 is 52.7 Å². The van der Waals surface area contributed by atoms with Crippen molar-refractivity contribution in [3.63, 3.8) is 0 Å². The summed E-state index contributed by atoms with van der Waals surface area (Å²) in [5.74, 6) is 2.13. The molecule has 11 nitrogen and oxygen atoms in total. The molecule has 0 saturated heterocycles. The van der Waals surface area contributed by atoms with Crippen LogP contribution in [0.2, 0.25) is 10.0 Å². The standard InChI is InChI=1S/C33H36ClN3O4.C16H19ClN2O2/c1-22(2)40-33(39)30-23(3)35-24(4)37(31(30)26-11-9-12-27(34)21-26)20-10-19-36(5)32(38)25-15-17-29(18-16-25)41-28-13-7-6-8-14-28;1-9(2)21-16(20)14-10(3)18-11(4)19-15(14)12-6-5-7-13(17)8-12/h6-9,11-18,21-22,31H,10,19-20H2,1-5H3;5-9,15H,1-4H3,(H,18,19). The average Bonchev–Trinajstić information content (AvgIpc) is 3.21. The number of allylic oxidation sites excluding steroid dienone is 2. The molecule has 2 aliphatic rings. The molecule has 0 radical (unpaired) electrons. The van der Waals surface area contributed by atoms with Gasteiger partial charge in [-0.2, -0.15) is 0 Å². The van der Waals surface area contributed by atoms with Gasteiger partial charge in [0.2, 0.25) is 0 Å². The maximum Gasteiger partial charge on any atom is 0.338 e. The molecule has 4 aromatic rings. The van der Waals surface area contributed by atoms with Crippen molar-refractivity contribution < 1.29 is 28.6 Å². The molecule has 1 amide bonds. The minimum atomic E-state index is -0.407. The van der Waals surface area contributed by atoms with Crippen LogP contribution in [-0.2, 0) is 19.1 Å². The number of amidine groups is 2. The van der Waals surface area contributed by atoms with Gasteiger partial charge in [-0.15, -0.1) is 0 Å². The number of esters is 2. The molecule has 0 aromatic heterocycles. The maximum absolute atomic E-state index is 13.2. The van der Waals surface area contributed by atoms with Crippen LogP contribution in [0.15, 0.2) is 136 Å². The van der Waals surface area contributed by atoms with Crippen molar-refractivity contribution in [3.8, 4) is 11.5 Å². The van der Waals surface area contributed by atoms with Gasteiger partial charge in [-0.1, -0.05) is 65.7 Å². The molecule has 62 heavy (non-hydrogen) atoms. The van der Waals surface area contributed by atoms with Gasteiger partial charge in [0.05, 0.1) is 40.9 Å². The largest absolute Gasteiger partial charge is 0.459 e. The number of halogens is 2. The minimum absolute atomic E-state index is 0.0800. The molecule has 1 N–H and O–H groups in total. The number of amides is 1. The summed E-state index contributed by atoms with van der Waals surface area (Å²) in [6.07, 6.45) is 0.221. The van der Waals surface area contributed by atoms with Crippen LogP contribution in [0.25, 0.3) is 0 Å². The van der Waals surface area contributed by atoms with Crippen molar-refractivity contribution in [1.82, 2.24) is 15.1 Å². The van der Waals surface area contributed by atoms with Gasteiger partial charge in [-0.3, -0.25) is 9.79 Å². The third kappa shape index (κ3) is 12.6. The van der Waals surface area contributed by atoms with Crippen LogP contribution < -0.4 is 10.1 Å². The van der Waals surface area contributed by atoms with E-state index in [0.29, 0.717) is 57.7 Å². The molecule has 4 aromatic carbocycles. The Balaban J connectivity index is 0.000000290. The molecule has 6 rings (SSSR count). The lowest BCUT2D eigenvalue weighted by Gasteiger charge is -2.38. The topological polar surface area (TPSA) is 122 Å². The first-order chi connectivity index (χ1) is 29.5. The van der Waals surface area contributed by atoms with E-state index in [1.165, 1.54) is 0 Å². The predicted octanol–water partition coefficient (Wildman–Crippen LogP) is 10.9. The molecular formula is C49H55Cl2N5O6. The Morgan fingerprint density at radius 1 is 0.742 bits per heavy atom. The van der Waals surface area contributed by atoms with Gasteiger partial charge < -0.3 is 29.3 Å². The molecule has 2 atom stereocenters. The molecule has 0 saturated carbocycles. The first kappa shape index (κ1) is 47.1. The van der Waals surface area contributed by atoms with Crippen molar-refractivity contribution in [1.29, 1.82) is 0 Å². The van der Waals surface area contributed by atoms with E-state index in [0.717, 1.165) is 34.2 Å². The zero-order valence-corrected chi connectivity index (χ0v) is 38.3. The fourth-order valence-electron chi connectivity index (χ4n) is 7.14. The monoisotopic (exact) mass is 879 g/mol. The molecule has 2 unspecified atom stereocenters. The lowest BCUT2D eigenvalue weighted by atomic mass is 9.93. The molecule has 326 valence electrons. The summed E-state index contributed by atoms with van der Waals surface area (Å²) in [6, 6.07) is 30.7. The lowest BCUT2D eigenvalue weighted by molar-refractivity contribution is -0.144. The summed E-state index contributed by atoms with van der Waals surface area (Å²) in [4.78, 5) is 51.7. The van der Waals surface area contributed by atoms with Crippen LogP contribution in [0.1, 0.15) is 95.4 Å². The molecule has 13 heteroatoms. The van der Waals surface area contributed by atoms with E-state index in [4.69, 9.17) is 37.4 Å². The number of benzene rings is 4. The van der Waals surface area contributed by atoms with Crippen LogP contribution in [0.5, 0.6) is 11.5 Å². The Bertz CT molecular complexity index is 2360. The summed E-state index contributed by atoms with van der Waals surface area (Å²) in [5.41, 5.74) is 4.74. The Labute approximate surface area is 375 Å². The number of carbonyl (C=O) groups excluding carboxylic acids is 3. The molecule has 0 fully saturated rings. The highest BCUT2D eigenvalue weighted by Crippen LogP contribution is 2.37. The van der Waals surface area contributed by atoms with Crippen molar-refractivity contribution in [2.24, 2.45) is 9.98 Å². The smallest absolute Gasteiger partial charge is 0.338 e. The number of para-hydroxylation sites is 1. The summed E-state index contributed by atoms with van der Waals surface area (Å²) in [6.45, 7) is 15.9. The minimum Gasteiger partial charge on any atom is -0.459 e. The summed E-state index contributed by atoms with van der Waals surface area (Å²) in [5, 5.41) is 4.30. The lowest BCUT2D eigenvalue weighted by Crippen LogP contribution is -2.41. The van der Waals surface area contributed by atoms with Crippen LogP contribution >= 0.6 is 23.2 Å². The maximum atomic E-state index is 13.2. The Kier molecular flexibility index (Phi) is 16.5. The SMILES string of the molecule is CC1=NC(C)=C(C(=O)OC(C)C)C(c2cccc(Cl)c2)N1CCCN(C)C(=O)c1ccc(Oc2ccccc2)cc1.CC1=NC(c2cccc(Cl)c2)C(C(=O)OC(C)C)=C(C)N1. The second kappa shape index (κ2) is 21.7. The zero-order chi connectivity index (χ0) is 45.1. The first-order valence-corrected chi connectivity index (χ1v) is 21.3. The van der Waals surface area contributed by atoms with Gasteiger partial charge in [-0.25, -0.2) is 14.6 Å². The third-order valence-corrected chi connectivity index (χ3v) is 10.3. The molecule has 2 aliphatic heterocycles. The second-order valence-corrected chi connectivity index (χ2v) is 16.4. The number of carbonyl (C=O) groups is 3. The number of aliphatic imine (C=N–C) groups is 2. The number of rotatable bonds is 13. The first-order valence-electron chi connectivity index (χ1n) is 20.6.